The predicted molar refractivity (Wildman–Crippen MR) is 46.7 cm³/mol. The van der Waals surface area contributed by atoms with Crippen molar-refractivity contribution in [1.29, 1.82) is 0 Å². The third kappa shape index (κ3) is 2.87. The Morgan fingerprint density at radius 2 is 2.46 bits per heavy atom. The van der Waals surface area contributed by atoms with Crippen LogP contribution in [0.4, 0.5) is 0 Å². The minimum absolute atomic E-state index is 0.0371. The van der Waals surface area contributed by atoms with Gasteiger partial charge in [-0.15, -0.1) is 0 Å². The van der Waals surface area contributed by atoms with Crippen molar-refractivity contribution in [2.75, 3.05) is 7.11 Å². The van der Waals surface area contributed by atoms with Crippen molar-refractivity contribution >= 4 is 0 Å². The summed E-state index contributed by atoms with van der Waals surface area (Å²) in [5.74, 6) is 0.168. The predicted octanol–water partition coefficient (Wildman–Crippen LogP) is 0.0529. The van der Waals surface area contributed by atoms with Gasteiger partial charge in [-0.3, -0.25) is 4.79 Å². The Bertz CT molecular complexity index is 334. The standard InChI is InChI=1S/C8H12N2O3/c1-5(13-2)3-6-9-7(11)4-8(12)10-6/h4-5H,3H2,1-2H3,(H2,9,10,11,12). The van der Waals surface area contributed by atoms with E-state index < -0.39 is 0 Å². The van der Waals surface area contributed by atoms with Crippen LogP contribution in [0.15, 0.2) is 10.9 Å². The number of nitrogens with one attached hydrogen (secondary N) is 1. The van der Waals surface area contributed by atoms with E-state index in [1.807, 2.05) is 6.92 Å². The Balaban J connectivity index is 2.83. The fourth-order valence-electron chi connectivity index (χ4n) is 0.946. The molecule has 1 aromatic heterocycles. The summed E-state index contributed by atoms with van der Waals surface area (Å²) >= 11 is 0. The van der Waals surface area contributed by atoms with E-state index >= 15 is 0 Å². The lowest BCUT2D eigenvalue weighted by Gasteiger charge is -2.07. The number of aromatic nitrogens is 2. The van der Waals surface area contributed by atoms with Gasteiger partial charge in [-0.2, -0.15) is 0 Å². The van der Waals surface area contributed by atoms with Crippen molar-refractivity contribution in [3.05, 3.63) is 22.2 Å². The topological polar surface area (TPSA) is 75.2 Å². The van der Waals surface area contributed by atoms with Crippen molar-refractivity contribution in [3.63, 3.8) is 0 Å². The van der Waals surface area contributed by atoms with E-state index in [2.05, 4.69) is 9.97 Å². The minimum Gasteiger partial charge on any atom is -0.493 e. The number of methoxy groups -OCH3 is 1. The van der Waals surface area contributed by atoms with Crippen LogP contribution in [-0.2, 0) is 11.2 Å². The number of H-pyrrole nitrogens is 1. The molecule has 0 radical (unpaired) electrons. The van der Waals surface area contributed by atoms with Gasteiger partial charge in [0.2, 0.25) is 5.88 Å². The van der Waals surface area contributed by atoms with Gasteiger partial charge < -0.3 is 14.8 Å². The highest BCUT2D eigenvalue weighted by Crippen LogP contribution is 2.02. The van der Waals surface area contributed by atoms with Gasteiger partial charge in [-0.25, -0.2) is 4.98 Å². The first kappa shape index (κ1) is 9.73. The molecular formula is C8H12N2O3. The normalized spacial score (nSPS) is 12.8. The molecule has 1 heterocycles. The maximum Gasteiger partial charge on any atom is 0.254 e. The molecule has 1 rings (SSSR count). The first-order chi connectivity index (χ1) is 6.11. The number of aromatic amines is 1. The average Bonchev–Trinajstić information content (AvgIpc) is 2.02. The zero-order chi connectivity index (χ0) is 9.84. The molecule has 1 unspecified atom stereocenters. The Labute approximate surface area is 75.4 Å². The van der Waals surface area contributed by atoms with Crippen LogP contribution in [0.3, 0.4) is 0 Å². The fraction of sp³-hybridized carbons (Fsp3) is 0.500. The first-order valence-electron chi connectivity index (χ1n) is 3.94. The SMILES string of the molecule is COC(C)Cc1nc(O)cc(=O)[nH]1. The van der Waals surface area contributed by atoms with Crippen molar-refractivity contribution in [3.8, 4) is 5.88 Å². The number of nitrogens with zero attached hydrogens (tertiary/aromatic N) is 1. The highest BCUT2D eigenvalue weighted by atomic mass is 16.5. The van der Waals surface area contributed by atoms with Crippen LogP contribution in [0.25, 0.3) is 0 Å². The summed E-state index contributed by atoms with van der Waals surface area (Å²) < 4.78 is 4.99. The Morgan fingerprint density at radius 3 is 3.00 bits per heavy atom. The molecule has 13 heavy (non-hydrogen) atoms. The molecule has 0 amide bonds. The van der Waals surface area contributed by atoms with E-state index in [1.165, 1.54) is 0 Å². The molecule has 1 atom stereocenters. The number of ether oxygens (including phenoxy) is 1. The quantitative estimate of drug-likeness (QED) is 0.696. The molecule has 72 valence electrons. The fourth-order valence-corrected chi connectivity index (χ4v) is 0.946. The molecule has 0 fully saturated rings. The number of hydrogen-bond acceptors (Lipinski definition) is 4. The van der Waals surface area contributed by atoms with Crippen LogP contribution >= 0.6 is 0 Å². The summed E-state index contributed by atoms with van der Waals surface area (Å²) in [6.45, 7) is 1.85. The second kappa shape index (κ2) is 4.04. The van der Waals surface area contributed by atoms with E-state index in [1.54, 1.807) is 7.11 Å². The molecular weight excluding hydrogens is 172 g/mol. The number of rotatable bonds is 3. The third-order valence-electron chi connectivity index (χ3n) is 1.66. The van der Waals surface area contributed by atoms with E-state index in [-0.39, 0.29) is 17.5 Å². The van der Waals surface area contributed by atoms with Crippen molar-refractivity contribution in [1.82, 2.24) is 9.97 Å². The zero-order valence-corrected chi connectivity index (χ0v) is 7.57. The maximum atomic E-state index is 10.9. The van der Waals surface area contributed by atoms with Gasteiger partial charge in [0.05, 0.1) is 12.2 Å². The summed E-state index contributed by atoms with van der Waals surface area (Å²) in [6, 6.07) is 1.03. The largest absolute Gasteiger partial charge is 0.493 e. The molecule has 5 heteroatoms. The van der Waals surface area contributed by atoms with Gasteiger partial charge in [0.25, 0.3) is 5.56 Å². The molecule has 1 aromatic rings. The zero-order valence-electron chi connectivity index (χ0n) is 7.57. The maximum absolute atomic E-state index is 10.9. The second-order valence-electron chi connectivity index (χ2n) is 2.80. The summed E-state index contributed by atoms with van der Waals surface area (Å²) in [7, 11) is 1.57. The van der Waals surface area contributed by atoms with Gasteiger partial charge in [0.15, 0.2) is 0 Å². The van der Waals surface area contributed by atoms with Crippen LogP contribution < -0.4 is 5.56 Å². The highest BCUT2D eigenvalue weighted by Gasteiger charge is 2.05. The monoisotopic (exact) mass is 184 g/mol. The molecule has 0 aliphatic heterocycles. The van der Waals surface area contributed by atoms with Gasteiger partial charge in [-0.1, -0.05) is 0 Å². The lowest BCUT2D eigenvalue weighted by molar-refractivity contribution is 0.117. The van der Waals surface area contributed by atoms with Crippen LogP contribution in [0, 0.1) is 0 Å². The summed E-state index contributed by atoms with van der Waals surface area (Å²) in [4.78, 5) is 17.1. The molecule has 0 bridgehead atoms. The van der Waals surface area contributed by atoms with Gasteiger partial charge in [0.1, 0.15) is 5.82 Å². The Morgan fingerprint density at radius 1 is 1.77 bits per heavy atom. The van der Waals surface area contributed by atoms with E-state index in [4.69, 9.17) is 9.84 Å². The molecule has 0 aliphatic carbocycles. The molecule has 0 saturated heterocycles. The molecule has 0 aromatic carbocycles. The van der Waals surface area contributed by atoms with Crippen LogP contribution in [0.2, 0.25) is 0 Å². The van der Waals surface area contributed by atoms with Gasteiger partial charge in [-0.05, 0) is 6.92 Å². The van der Waals surface area contributed by atoms with Crippen molar-refractivity contribution in [2.45, 2.75) is 19.4 Å². The molecule has 0 aliphatic rings. The number of aromatic hydroxyl groups is 1. The van der Waals surface area contributed by atoms with Crippen LogP contribution in [-0.4, -0.2) is 28.3 Å². The second-order valence-corrected chi connectivity index (χ2v) is 2.80. The van der Waals surface area contributed by atoms with Crippen molar-refractivity contribution < 1.29 is 9.84 Å². The van der Waals surface area contributed by atoms with Crippen LogP contribution in [0.5, 0.6) is 5.88 Å². The Kier molecular flexibility index (Phi) is 3.02. The minimum atomic E-state index is -0.356. The summed E-state index contributed by atoms with van der Waals surface area (Å²) in [5, 5.41) is 9.01. The number of hydrogen-bond donors (Lipinski definition) is 2. The van der Waals surface area contributed by atoms with Crippen molar-refractivity contribution in [2.24, 2.45) is 0 Å². The molecule has 2 N–H and O–H groups in total. The van der Waals surface area contributed by atoms with E-state index in [0.29, 0.717) is 12.2 Å². The lowest BCUT2D eigenvalue weighted by Crippen LogP contribution is -2.16. The van der Waals surface area contributed by atoms with Gasteiger partial charge in [0, 0.05) is 13.5 Å². The molecule has 0 spiro atoms. The summed E-state index contributed by atoms with van der Waals surface area (Å²) in [5.41, 5.74) is -0.356. The highest BCUT2D eigenvalue weighted by molar-refractivity contribution is 5.06. The first-order valence-corrected chi connectivity index (χ1v) is 3.94. The smallest absolute Gasteiger partial charge is 0.254 e. The third-order valence-corrected chi connectivity index (χ3v) is 1.66. The Hall–Kier alpha value is -1.36. The summed E-state index contributed by atoms with van der Waals surface area (Å²) in [6.07, 6.45) is 0.435. The van der Waals surface area contributed by atoms with E-state index in [9.17, 15) is 4.79 Å². The lowest BCUT2D eigenvalue weighted by atomic mass is 10.3. The molecule has 5 nitrogen and oxygen atoms in total. The average molecular weight is 184 g/mol. The van der Waals surface area contributed by atoms with Crippen LogP contribution in [0.1, 0.15) is 12.7 Å². The van der Waals surface area contributed by atoms with Gasteiger partial charge >= 0.3 is 0 Å². The van der Waals surface area contributed by atoms with E-state index in [0.717, 1.165) is 6.07 Å². The molecule has 0 saturated carbocycles.